The van der Waals surface area contributed by atoms with E-state index in [-0.39, 0.29) is 25.8 Å². The van der Waals surface area contributed by atoms with Gasteiger partial charge in [0.25, 0.3) is 0 Å². The summed E-state index contributed by atoms with van der Waals surface area (Å²) in [5, 5.41) is 17.8. The summed E-state index contributed by atoms with van der Waals surface area (Å²) in [6.07, 6.45) is -0.0961. The molecule has 1 heterocycles. The maximum Gasteiger partial charge on any atom is 0.303 e. The van der Waals surface area contributed by atoms with Crippen molar-refractivity contribution in [2.75, 3.05) is 6.54 Å². The Labute approximate surface area is 98.2 Å². The third kappa shape index (κ3) is 3.50. The summed E-state index contributed by atoms with van der Waals surface area (Å²) >= 11 is 0. The van der Waals surface area contributed by atoms with Crippen molar-refractivity contribution < 1.29 is 24.6 Å². The maximum absolute atomic E-state index is 11.8. The highest BCUT2D eigenvalue weighted by atomic mass is 16.4. The predicted octanol–water partition coefficient (Wildman–Crippen LogP) is -1.66. The number of aliphatic hydroxyl groups excluding tert-OH is 1. The Kier molecular flexibility index (Phi) is 4.59. The number of β-amino-alcohol motifs (C(OH)–C–C–N with tert-alkyl or cyclic N) is 1. The Morgan fingerprint density at radius 1 is 1.53 bits per heavy atom. The van der Waals surface area contributed by atoms with Gasteiger partial charge in [-0.05, 0) is 6.42 Å². The minimum atomic E-state index is -1.03. The highest BCUT2D eigenvalue weighted by Gasteiger charge is 2.35. The topological polar surface area (TPSA) is 121 Å². The average molecular weight is 244 g/mol. The summed E-state index contributed by atoms with van der Waals surface area (Å²) in [5.74, 6) is -1.51. The van der Waals surface area contributed by atoms with E-state index in [1.54, 1.807) is 0 Å². The van der Waals surface area contributed by atoms with Crippen molar-refractivity contribution in [3.63, 3.8) is 0 Å². The molecule has 1 saturated heterocycles. The van der Waals surface area contributed by atoms with Gasteiger partial charge in [0.1, 0.15) is 6.29 Å². The summed E-state index contributed by atoms with van der Waals surface area (Å²) in [6.45, 7) is 0.0724. The standard InChI is InChI=1S/C10H16N2O5/c11-8(1-2-9(15)16)10(17)12-4-7(14)3-6(12)5-13/h5-8,14H,1-4,11H2,(H,15,16)/t6-,7-,8+/m1/s1. The molecule has 17 heavy (non-hydrogen) atoms. The molecule has 0 saturated carbocycles. The fourth-order valence-electron chi connectivity index (χ4n) is 1.84. The molecular weight excluding hydrogens is 228 g/mol. The first-order chi connectivity index (χ1) is 7.95. The lowest BCUT2D eigenvalue weighted by Gasteiger charge is -2.23. The SMILES string of the molecule is N[C@@H](CCC(=O)O)C(=O)N1C[C@H](O)C[C@@H]1C=O. The van der Waals surface area contributed by atoms with E-state index in [0.717, 1.165) is 0 Å². The van der Waals surface area contributed by atoms with Crippen LogP contribution < -0.4 is 5.73 Å². The number of nitrogens with two attached hydrogens (primary N) is 1. The number of carboxylic acid groups (broad SMARTS) is 1. The Morgan fingerprint density at radius 2 is 2.18 bits per heavy atom. The van der Waals surface area contributed by atoms with E-state index in [2.05, 4.69) is 0 Å². The van der Waals surface area contributed by atoms with Crippen LogP contribution in [0.1, 0.15) is 19.3 Å². The number of carbonyl (C=O) groups excluding carboxylic acids is 2. The molecule has 7 nitrogen and oxygen atoms in total. The number of hydrogen-bond donors (Lipinski definition) is 3. The molecule has 1 aliphatic heterocycles. The van der Waals surface area contributed by atoms with Crippen LogP contribution in [0.3, 0.4) is 0 Å². The Morgan fingerprint density at radius 3 is 2.71 bits per heavy atom. The molecule has 0 aromatic carbocycles. The molecule has 3 atom stereocenters. The number of aldehydes is 1. The molecule has 1 rings (SSSR count). The van der Waals surface area contributed by atoms with Crippen molar-refractivity contribution in [3.05, 3.63) is 0 Å². The third-order valence-electron chi connectivity index (χ3n) is 2.75. The van der Waals surface area contributed by atoms with E-state index in [0.29, 0.717) is 6.29 Å². The van der Waals surface area contributed by atoms with E-state index < -0.39 is 30.1 Å². The Bertz CT molecular complexity index is 320. The lowest BCUT2D eigenvalue weighted by Crippen LogP contribution is -2.47. The number of aliphatic hydroxyl groups is 1. The first kappa shape index (κ1) is 13.6. The normalized spacial score (nSPS) is 25.6. The van der Waals surface area contributed by atoms with Crippen molar-refractivity contribution in [1.82, 2.24) is 4.90 Å². The molecule has 0 aromatic heterocycles. The van der Waals surface area contributed by atoms with Crippen LogP contribution in [0, 0.1) is 0 Å². The predicted molar refractivity (Wildman–Crippen MR) is 57.0 cm³/mol. The zero-order valence-corrected chi connectivity index (χ0v) is 9.28. The van der Waals surface area contributed by atoms with Gasteiger partial charge in [-0.1, -0.05) is 0 Å². The monoisotopic (exact) mass is 244 g/mol. The van der Waals surface area contributed by atoms with E-state index >= 15 is 0 Å². The summed E-state index contributed by atoms with van der Waals surface area (Å²) < 4.78 is 0. The van der Waals surface area contributed by atoms with Gasteiger partial charge in [-0.2, -0.15) is 0 Å². The molecule has 1 aliphatic rings. The van der Waals surface area contributed by atoms with Crippen LogP contribution in [0.25, 0.3) is 0 Å². The van der Waals surface area contributed by atoms with Crippen molar-refractivity contribution in [2.24, 2.45) is 5.73 Å². The van der Waals surface area contributed by atoms with Gasteiger partial charge in [0.05, 0.1) is 18.2 Å². The van der Waals surface area contributed by atoms with Crippen molar-refractivity contribution in [1.29, 1.82) is 0 Å². The van der Waals surface area contributed by atoms with Gasteiger partial charge >= 0.3 is 5.97 Å². The molecule has 96 valence electrons. The van der Waals surface area contributed by atoms with Gasteiger partial charge in [-0.25, -0.2) is 0 Å². The van der Waals surface area contributed by atoms with Gasteiger partial charge in [0, 0.05) is 19.4 Å². The lowest BCUT2D eigenvalue weighted by molar-refractivity contribution is -0.138. The zero-order chi connectivity index (χ0) is 13.0. The number of carbonyl (C=O) groups is 3. The molecule has 0 aromatic rings. The van der Waals surface area contributed by atoms with E-state index in [1.807, 2.05) is 0 Å². The molecule has 0 bridgehead atoms. The minimum Gasteiger partial charge on any atom is -0.481 e. The second-order valence-electron chi connectivity index (χ2n) is 4.12. The van der Waals surface area contributed by atoms with Crippen molar-refractivity contribution in [2.45, 2.75) is 37.5 Å². The van der Waals surface area contributed by atoms with Crippen LogP contribution >= 0.6 is 0 Å². The Hall–Kier alpha value is -1.47. The fraction of sp³-hybridized carbons (Fsp3) is 0.700. The number of carboxylic acids is 1. The lowest BCUT2D eigenvalue weighted by atomic mass is 10.1. The van der Waals surface area contributed by atoms with Crippen LogP contribution in [0.15, 0.2) is 0 Å². The quantitative estimate of drug-likeness (QED) is 0.498. The average Bonchev–Trinajstić information content (AvgIpc) is 2.66. The van der Waals surface area contributed by atoms with Crippen molar-refractivity contribution in [3.8, 4) is 0 Å². The first-order valence-electron chi connectivity index (χ1n) is 5.37. The molecular formula is C10H16N2O5. The molecule has 0 unspecified atom stereocenters. The fourth-order valence-corrected chi connectivity index (χ4v) is 1.84. The molecule has 1 amide bonds. The molecule has 4 N–H and O–H groups in total. The zero-order valence-electron chi connectivity index (χ0n) is 9.28. The van der Waals surface area contributed by atoms with Crippen LogP contribution in [0.4, 0.5) is 0 Å². The van der Waals surface area contributed by atoms with Crippen LogP contribution in [-0.2, 0) is 14.4 Å². The van der Waals surface area contributed by atoms with Crippen LogP contribution in [-0.4, -0.2) is 58.0 Å². The van der Waals surface area contributed by atoms with Gasteiger partial charge in [0.2, 0.25) is 5.91 Å². The van der Waals surface area contributed by atoms with Gasteiger partial charge in [-0.3, -0.25) is 9.59 Å². The number of amides is 1. The molecule has 0 spiro atoms. The molecule has 0 aliphatic carbocycles. The number of nitrogens with zero attached hydrogens (tertiary/aromatic N) is 1. The van der Waals surface area contributed by atoms with Gasteiger partial charge < -0.3 is 25.6 Å². The smallest absolute Gasteiger partial charge is 0.303 e. The maximum atomic E-state index is 11.8. The highest BCUT2D eigenvalue weighted by molar-refractivity contribution is 5.85. The second-order valence-corrected chi connectivity index (χ2v) is 4.12. The molecule has 1 fully saturated rings. The number of hydrogen-bond acceptors (Lipinski definition) is 5. The van der Waals surface area contributed by atoms with Crippen molar-refractivity contribution >= 4 is 18.2 Å². The van der Waals surface area contributed by atoms with E-state index in [1.165, 1.54) is 4.90 Å². The van der Waals surface area contributed by atoms with E-state index in [9.17, 15) is 19.5 Å². The Balaban J connectivity index is 2.56. The van der Waals surface area contributed by atoms with Crippen LogP contribution in [0.2, 0.25) is 0 Å². The van der Waals surface area contributed by atoms with Gasteiger partial charge in [-0.15, -0.1) is 0 Å². The summed E-state index contributed by atoms with van der Waals surface area (Å²) in [5.41, 5.74) is 5.56. The number of aliphatic carboxylic acids is 1. The number of rotatable bonds is 5. The largest absolute Gasteiger partial charge is 0.481 e. The highest BCUT2D eigenvalue weighted by Crippen LogP contribution is 2.17. The molecule has 0 radical (unpaired) electrons. The summed E-state index contributed by atoms with van der Waals surface area (Å²) in [7, 11) is 0. The van der Waals surface area contributed by atoms with Crippen LogP contribution in [0.5, 0.6) is 0 Å². The number of likely N-dealkylation sites (tertiary alicyclic amines) is 1. The second kappa shape index (κ2) is 5.74. The summed E-state index contributed by atoms with van der Waals surface area (Å²) in [4.78, 5) is 34.1. The third-order valence-corrected chi connectivity index (χ3v) is 2.75. The minimum absolute atomic E-state index is 0.0202. The van der Waals surface area contributed by atoms with Gasteiger partial charge in [0.15, 0.2) is 0 Å². The molecule has 7 heteroatoms. The summed E-state index contributed by atoms with van der Waals surface area (Å²) in [6, 6.07) is -1.60. The first-order valence-corrected chi connectivity index (χ1v) is 5.37. The van der Waals surface area contributed by atoms with E-state index in [4.69, 9.17) is 10.8 Å².